The van der Waals surface area contributed by atoms with Crippen molar-refractivity contribution in [3.63, 3.8) is 0 Å². The van der Waals surface area contributed by atoms with Crippen LogP contribution in [-0.2, 0) is 0 Å². The quantitative estimate of drug-likeness (QED) is 0.508. The Labute approximate surface area is 86.6 Å². The molecule has 0 amide bonds. The lowest BCUT2D eigenvalue weighted by Crippen LogP contribution is -2.56. The number of nitrogens with one attached hydrogen (secondary N) is 1. The van der Waals surface area contributed by atoms with Crippen molar-refractivity contribution in [1.82, 2.24) is 9.80 Å². The van der Waals surface area contributed by atoms with E-state index in [-0.39, 0.29) is 6.04 Å². The molecular weight excluding hydrogens is 176 g/mol. The standard InChI is InChI=1S/C10H22N4/c1-4-9(10(11)12)14-6-5-13(3)8(2)7-14/h8-9H,4-7H2,1-3H3,(H3,11,12). The fourth-order valence-corrected chi connectivity index (χ4v) is 2.03. The second-order valence-corrected chi connectivity index (χ2v) is 4.20. The Bertz CT molecular complexity index is 204. The largest absolute Gasteiger partial charge is 0.386 e. The first-order valence-electron chi connectivity index (χ1n) is 5.34. The van der Waals surface area contributed by atoms with Gasteiger partial charge in [0.15, 0.2) is 0 Å². The lowest BCUT2D eigenvalue weighted by atomic mass is 10.1. The van der Waals surface area contributed by atoms with Crippen molar-refractivity contribution in [2.24, 2.45) is 5.73 Å². The highest BCUT2D eigenvalue weighted by atomic mass is 15.3. The number of nitrogens with two attached hydrogens (primary N) is 1. The SMILES string of the molecule is CCC(C(=N)N)N1CCN(C)C(C)C1. The van der Waals surface area contributed by atoms with Gasteiger partial charge < -0.3 is 10.6 Å². The molecule has 82 valence electrons. The van der Waals surface area contributed by atoms with Gasteiger partial charge in [-0.3, -0.25) is 10.3 Å². The number of nitrogens with zero attached hydrogens (tertiary/aromatic N) is 2. The average molecular weight is 198 g/mol. The fourth-order valence-electron chi connectivity index (χ4n) is 2.03. The van der Waals surface area contributed by atoms with Crippen molar-refractivity contribution in [3.05, 3.63) is 0 Å². The summed E-state index contributed by atoms with van der Waals surface area (Å²) in [6.07, 6.45) is 0.936. The van der Waals surface area contributed by atoms with Crippen LogP contribution in [0.4, 0.5) is 0 Å². The molecule has 0 radical (unpaired) electrons. The molecule has 14 heavy (non-hydrogen) atoms. The van der Waals surface area contributed by atoms with Gasteiger partial charge in [0.25, 0.3) is 0 Å². The third kappa shape index (κ3) is 2.45. The molecule has 0 aromatic heterocycles. The van der Waals surface area contributed by atoms with Gasteiger partial charge in [-0.05, 0) is 20.4 Å². The van der Waals surface area contributed by atoms with Crippen LogP contribution in [0.15, 0.2) is 0 Å². The van der Waals surface area contributed by atoms with Gasteiger partial charge in [-0.1, -0.05) is 6.92 Å². The molecule has 0 aliphatic carbocycles. The van der Waals surface area contributed by atoms with Gasteiger partial charge in [0.05, 0.1) is 6.04 Å². The Morgan fingerprint density at radius 1 is 1.57 bits per heavy atom. The first-order chi connectivity index (χ1) is 6.56. The fraction of sp³-hybridized carbons (Fsp3) is 0.900. The number of likely N-dealkylation sites (N-methyl/N-ethyl adjacent to an activating group) is 1. The van der Waals surface area contributed by atoms with Crippen LogP contribution in [0.25, 0.3) is 0 Å². The summed E-state index contributed by atoms with van der Waals surface area (Å²) < 4.78 is 0. The van der Waals surface area contributed by atoms with E-state index in [1.165, 1.54) is 0 Å². The molecule has 0 spiro atoms. The minimum absolute atomic E-state index is 0.145. The molecular formula is C10H22N4. The monoisotopic (exact) mass is 198 g/mol. The molecule has 3 N–H and O–H groups in total. The van der Waals surface area contributed by atoms with E-state index in [1.54, 1.807) is 0 Å². The van der Waals surface area contributed by atoms with E-state index in [2.05, 4.69) is 30.7 Å². The molecule has 4 heteroatoms. The van der Waals surface area contributed by atoms with Crippen molar-refractivity contribution >= 4 is 5.84 Å². The molecule has 1 saturated heterocycles. The molecule has 1 heterocycles. The highest BCUT2D eigenvalue weighted by Crippen LogP contribution is 2.12. The Hall–Kier alpha value is -0.610. The van der Waals surface area contributed by atoms with Crippen LogP contribution in [0, 0.1) is 5.41 Å². The van der Waals surface area contributed by atoms with Gasteiger partial charge in [-0.2, -0.15) is 0 Å². The van der Waals surface area contributed by atoms with Gasteiger partial charge in [0.1, 0.15) is 5.84 Å². The Morgan fingerprint density at radius 2 is 2.21 bits per heavy atom. The summed E-state index contributed by atoms with van der Waals surface area (Å²) in [5.74, 6) is 0.309. The van der Waals surface area contributed by atoms with Crippen LogP contribution in [0.5, 0.6) is 0 Å². The molecule has 0 saturated carbocycles. The van der Waals surface area contributed by atoms with Crippen LogP contribution in [0.3, 0.4) is 0 Å². The third-order valence-electron chi connectivity index (χ3n) is 3.18. The molecule has 1 aliphatic rings. The molecule has 1 fully saturated rings. The zero-order chi connectivity index (χ0) is 10.7. The van der Waals surface area contributed by atoms with Crippen LogP contribution < -0.4 is 5.73 Å². The topological polar surface area (TPSA) is 56.4 Å². The van der Waals surface area contributed by atoms with Crippen LogP contribution in [-0.4, -0.2) is 54.4 Å². The maximum Gasteiger partial charge on any atom is 0.108 e. The van der Waals surface area contributed by atoms with E-state index >= 15 is 0 Å². The summed E-state index contributed by atoms with van der Waals surface area (Å²) in [6, 6.07) is 0.711. The van der Waals surface area contributed by atoms with Gasteiger partial charge in [-0.25, -0.2) is 0 Å². The van der Waals surface area contributed by atoms with Gasteiger partial charge >= 0.3 is 0 Å². The summed E-state index contributed by atoms with van der Waals surface area (Å²) in [5.41, 5.74) is 5.59. The Kier molecular flexibility index (Phi) is 3.89. The first-order valence-corrected chi connectivity index (χ1v) is 5.34. The molecule has 1 aliphatic heterocycles. The van der Waals surface area contributed by atoms with E-state index in [4.69, 9.17) is 11.1 Å². The van der Waals surface area contributed by atoms with E-state index in [0.29, 0.717) is 11.9 Å². The minimum Gasteiger partial charge on any atom is -0.386 e. The van der Waals surface area contributed by atoms with Gasteiger partial charge in [0, 0.05) is 25.7 Å². The maximum absolute atomic E-state index is 7.53. The molecule has 1 rings (SSSR count). The number of hydrogen-bond donors (Lipinski definition) is 2. The maximum atomic E-state index is 7.53. The molecule has 0 aromatic carbocycles. The zero-order valence-electron chi connectivity index (χ0n) is 9.45. The molecule has 2 atom stereocenters. The van der Waals surface area contributed by atoms with Gasteiger partial charge in [0.2, 0.25) is 0 Å². The lowest BCUT2D eigenvalue weighted by molar-refractivity contribution is 0.0897. The van der Waals surface area contributed by atoms with Crippen LogP contribution in [0.2, 0.25) is 0 Å². The Balaban J connectivity index is 2.56. The molecule has 0 aromatic rings. The van der Waals surface area contributed by atoms with Gasteiger partial charge in [-0.15, -0.1) is 0 Å². The van der Waals surface area contributed by atoms with Crippen molar-refractivity contribution in [1.29, 1.82) is 5.41 Å². The van der Waals surface area contributed by atoms with Crippen molar-refractivity contribution < 1.29 is 0 Å². The zero-order valence-corrected chi connectivity index (χ0v) is 9.45. The van der Waals surface area contributed by atoms with E-state index in [0.717, 1.165) is 26.1 Å². The summed E-state index contributed by atoms with van der Waals surface area (Å²) in [5, 5.41) is 7.53. The third-order valence-corrected chi connectivity index (χ3v) is 3.18. The molecule has 0 bridgehead atoms. The Morgan fingerprint density at radius 3 is 2.64 bits per heavy atom. The van der Waals surface area contributed by atoms with Crippen LogP contribution >= 0.6 is 0 Å². The number of piperazine rings is 1. The number of amidine groups is 1. The highest BCUT2D eigenvalue weighted by Gasteiger charge is 2.26. The van der Waals surface area contributed by atoms with E-state index in [9.17, 15) is 0 Å². The molecule has 4 nitrogen and oxygen atoms in total. The van der Waals surface area contributed by atoms with Crippen molar-refractivity contribution in [2.45, 2.75) is 32.4 Å². The van der Waals surface area contributed by atoms with Crippen molar-refractivity contribution in [2.75, 3.05) is 26.7 Å². The lowest BCUT2D eigenvalue weighted by Gasteiger charge is -2.41. The smallest absolute Gasteiger partial charge is 0.108 e. The summed E-state index contributed by atoms with van der Waals surface area (Å²) in [4.78, 5) is 4.68. The van der Waals surface area contributed by atoms with E-state index < -0.39 is 0 Å². The van der Waals surface area contributed by atoms with Crippen molar-refractivity contribution in [3.8, 4) is 0 Å². The van der Waals surface area contributed by atoms with Crippen LogP contribution in [0.1, 0.15) is 20.3 Å². The second kappa shape index (κ2) is 4.75. The van der Waals surface area contributed by atoms with E-state index in [1.807, 2.05) is 0 Å². The summed E-state index contributed by atoms with van der Waals surface area (Å²) in [6.45, 7) is 7.44. The summed E-state index contributed by atoms with van der Waals surface area (Å²) >= 11 is 0. The predicted molar refractivity (Wildman–Crippen MR) is 59.7 cm³/mol. The normalized spacial score (nSPS) is 27.5. The highest BCUT2D eigenvalue weighted by molar-refractivity contribution is 5.82. The summed E-state index contributed by atoms with van der Waals surface area (Å²) in [7, 11) is 2.15. The second-order valence-electron chi connectivity index (χ2n) is 4.20. The molecule has 2 unspecified atom stereocenters. The number of hydrogen-bond acceptors (Lipinski definition) is 3. The predicted octanol–water partition coefficient (Wildman–Crippen LogP) is 0.337. The minimum atomic E-state index is 0.145. The number of rotatable bonds is 3. The first kappa shape index (κ1) is 11.5. The average Bonchev–Trinajstić information content (AvgIpc) is 2.11.